The minimum atomic E-state index is 1.12. The number of hydrogen-bond donors (Lipinski definition) is 0. The van der Waals surface area contributed by atoms with Crippen LogP contribution in [0.4, 0.5) is 34.1 Å². The number of nitrogens with zero attached hydrogens (tertiary/aromatic N) is 2. The molecule has 0 fully saturated rings. The molecule has 0 saturated carbocycles. The summed E-state index contributed by atoms with van der Waals surface area (Å²) >= 11 is 0. The molecule has 0 saturated heterocycles. The van der Waals surface area contributed by atoms with Crippen LogP contribution < -0.4 is 9.80 Å². The Morgan fingerprint density at radius 2 is 0.446 bits per heavy atom. The van der Waals surface area contributed by atoms with E-state index in [9.17, 15) is 0 Å². The summed E-state index contributed by atoms with van der Waals surface area (Å²) in [6.07, 6.45) is 0. The predicted molar refractivity (Wildman–Crippen MR) is 241 cm³/mol. The van der Waals surface area contributed by atoms with Crippen molar-refractivity contribution in [1.82, 2.24) is 0 Å². The van der Waals surface area contributed by atoms with Crippen molar-refractivity contribution in [2.75, 3.05) is 9.80 Å². The minimum Gasteiger partial charge on any atom is -0.311 e. The summed E-state index contributed by atoms with van der Waals surface area (Å²) in [6.45, 7) is 8.55. The molecule has 0 heterocycles. The zero-order chi connectivity index (χ0) is 38.2. The van der Waals surface area contributed by atoms with Gasteiger partial charge in [-0.1, -0.05) is 144 Å². The molecule has 0 radical (unpaired) electrons. The molecule has 0 atom stereocenters. The maximum Gasteiger partial charge on any atom is 0.0462 e. The van der Waals surface area contributed by atoms with Crippen LogP contribution in [0.5, 0.6) is 0 Å². The van der Waals surface area contributed by atoms with Crippen molar-refractivity contribution < 1.29 is 0 Å². The van der Waals surface area contributed by atoms with Crippen LogP contribution in [0, 0.1) is 27.7 Å². The summed E-state index contributed by atoms with van der Waals surface area (Å²) in [7, 11) is 0. The maximum absolute atomic E-state index is 2.34. The fourth-order valence-corrected chi connectivity index (χ4v) is 7.97. The van der Waals surface area contributed by atoms with Crippen molar-refractivity contribution in [2.24, 2.45) is 0 Å². The standard InChI is InChI=1S/C54H44N2/c1-37-13-25-43(26-14-37)55(44-27-15-38(2)16-28-44)47-33-21-41(22-34-47)53-51-11-7-5-9-49(51)50-10-6-8-12-52(50)54(53)42-23-35-48(36-24-42)56(45-29-17-39(3)18-30-45)46-31-19-40(4)20-32-46/h5-36H,1-4H3. The van der Waals surface area contributed by atoms with Crippen LogP contribution in [-0.4, -0.2) is 0 Å². The first kappa shape index (κ1) is 34.8. The van der Waals surface area contributed by atoms with E-state index >= 15 is 0 Å². The Morgan fingerprint density at radius 3 is 0.696 bits per heavy atom. The van der Waals surface area contributed by atoms with Crippen molar-refractivity contribution in [3.8, 4) is 22.3 Å². The molecule has 270 valence electrons. The third kappa shape index (κ3) is 6.61. The second-order valence-electron chi connectivity index (χ2n) is 14.9. The van der Waals surface area contributed by atoms with Gasteiger partial charge in [0.25, 0.3) is 0 Å². The maximum atomic E-state index is 2.34. The quantitative estimate of drug-likeness (QED) is 0.144. The molecule has 9 aromatic carbocycles. The fraction of sp³-hybridized carbons (Fsp3) is 0.0741. The SMILES string of the molecule is Cc1ccc(N(c2ccc(C)cc2)c2ccc(-c3c(-c4ccc(N(c5ccc(C)cc5)c5ccc(C)cc5)cc4)c4ccccc4c4ccccc34)cc2)cc1. The molecule has 0 amide bonds. The van der Waals surface area contributed by atoms with E-state index in [2.05, 4.69) is 232 Å². The molecular formula is C54H44N2. The van der Waals surface area contributed by atoms with Crippen molar-refractivity contribution >= 4 is 55.7 Å². The Labute approximate surface area is 330 Å². The van der Waals surface area contributed by atoms with E-state index in [0.717, 1.165) is 34.1 Å². The zero-order valence-corrected chi connectivity index (χ0v) is 32.4. The Hall–Kier alpha value is -6.90. The molecule has 0 N–H and O–H groups in total. The van der Waals surface area contributed by atoms with E-state index in [1.807, 2.05) is 0 Å². The summed E-state index contributed by atoms with van der Waals surface area (Å²) in [4.78, 5) is 4.68. The van der Waals surface area contributed by atoms with Gasteiger partial charge in [0, 0.05) is 34.1 Å². The Morgan fingerprint density at radius 1 is 0.232 bits per heavy atom. The molecule has 0 aliphatic carbocycles. The van der Waals surface area contributed by atoms with Gasteiger partial charge in [0.1, 0.15) is 0 Å². The lowest BCUT2D eigenvalue weighted by Crippen LogP contribution is -2.10. The van der Waals surface area contributed by atoms with Crippen LogP contribution in [0.25, 0.3) is 43.8 Å². The van der Waals surface area contributed by atoms with Gasteiger partial charge in [0.2, 0.25) is 0 Å². The van der Waals surface area contributed by atoms with Gasteiger partial charge >= 0.3 is 0 Å². The van der Waals surface area contributed by atoms with Gasteiger partial charge in [-0.15, -0.1) is 0 Å². The lowest BCUT2D eigenvalue weighted by atomic mass is 9.85. The van der Waals surface area contributed by atoms with Gasteiger partial charge in [-0.25, -0.2) is 0 Å². The van der Waals surface area contributed by atoms with Crippen LogP contribution in [0.15, 0.2) is 194 Å². The zero-order valence-electron chi connectivity index (χ0n) is 32.4. The molecule has 2 nitrogen and oxygen atoms in total. The first-order chi connectivity index (χ1) is 27.4. The Bertz CT molecular complexity index is 2490. The molecular weight excluding hydrogens is 677 g/mol. The molecule has 9 rings (SSSR count). The third-order valence-electron chi connectivity index (χ3n) is 10.9. The highest BCUT2D eigenvalue weighted by Crippen LogP contribution is 2.46. The number of fused-ring (bicyclic) bond motifs is 3. The summed E-state index contributed by atoms with van der Waals surface area (Å²) in [5.41, 5.74) is 16.6. The number of aryl methyl sites for hydroxylation is 4. The molecule has 0 unspecified atom stereocenters. The average molecular weight is 721 g/mol. The van der Waals surface area contributed by atoms with E-state index in [-0.39, 0.29) is 0 Å². The van der Waals surface area contributed by atoms with E-state index in [0.29, 0.717) is 0 Å². The van der Waals surface area contributed by atoms with Gasteiger partial charge < -0.3 is 9.80 Å². The van der Waals surface area contributed by atoms with Gasteiger partial charge in [-0.3, -0.25) is 0 Å². The molecule has 0 aliphatic rings. The first-order valence-electron chi connectivity index (χ1n) is 19.4. The number of benzene rings is 9. The van der Waals surface area contributed by atoms with Crippen LogP contribution in [0.1, 0.15) is 22.3 Å². The van der Waals surface area contributed by atoms with E-state index in [4.69, 9.17) is 0 Å². The van der Waals surface area contributed by atoms with Crippen molar-refractivity contribution in [3.05, 3.63) is 216 Å². The predicted octanol–water partition coefficient (Wildman–Crippen LogP) is 15.5. The lowest BCUT2D eigenvalue weighted by Gasteiger charge is -2.27. The topological polar surface area (TPSA) is 6.48 Å². The molecule has 0 aliphatic heterocycles. The largest absolute Gasteiger partial charge is 0.311 e. The number of hydrogen-bond acceptors (Lipinski definition) is 2. The fourth-order valence-electron chi connectivity index (χ4n) is 7.97. The van der Waals surface area contributed by atoms with Crippen molar-refractivity contribution in [2.45, 2.75) is 27.7 Å². The first-order valence-corrected chi connectivity index (χ1v) is 19.4. The third-order valence-corrected chi connectivity index (χ3v) is 10.9. The summed E-state index contributed by atoms with van der Waals surface area (Å²) in [6, 6.07) is 71.2. The van der Waals surface area contributed by atoms with Crippen LogP contribution in [0.3, 0.4) is 0 Å². The second kappa shape index (κ2) is 14.7. The summed E-state index contributed by atoms with van der Waals surface area (Å²) < 4.78 is 0. The highest BCUT2D eigenvalue weighted by molar-refractivity contribution is 6.21. The van der Waals surface area contributed by atoms with Gasteiger partial charge in [0.05, 0.1) is 0 Å². The second-order valence-corrected chi connectivity index (χ2v) is 14.9. The average Bonchev–Trinajstić information content (AvgIpc) is 3.24. The normalized spacial score (nSPS) is 11.2. The lowest BCUT2D eigenvalue weighted by molar-refractivity contribution is 1.27. The monoisotopic (exact) mass is 720 g/mol. The number of rotatable bonds is 8. The van der Waals surface area contributed by atoms with E-state index in [1.165, 1.54) is 66.1 Å². The Balaban J connectivity index is 1.20. The van der Waals surface area contributed by atoms with Gasteiger partial charge in [0.15, 0.2) is 0 Å². The highest BCUT2D eigenvalue weighted by atomic mass is 15.1. The van der Waals surface area contributed by atoms with Crippen LogP contribution in [-0.2, 0) is 0 Å². The molecule has 0 bridgehead atoms. The molecule has 0 spiro atoms. The van der Waals surface area contributed by atoms with Crippen LogP contribution in [0.2, 0.25) is 0 Å². The van der Waals surface area contributed by atoms with E-state index in [1.54, 1.807) is 0 Å². The summed E-state index contributed by atoms with van der Waals surface area (Å²) in [5, 5.41) is 5.00. The molecule has 9 aromatic rings. The number of anilines is 6. The summed E-state index contributed by atoms with van der Waals surface area (Å²) in [5.74, 6) is 0. The molecule has 0 aromatic heterocycles. The molecule has 56 heavy (non-hydrogen) atoms. The minimum absolute atomic E-state index is 1.12. The van der Waals surface area contributed by atoms with Gasteiger partial charge in [-0.05, 0) is 144 Å². The van der Waals surface area contributed by atoms with Crippen LogP contribution >= 0.6 is 0 Å². The van der Waals surface area contributed by atoms with Crippen molar-refractivity contribution in [3.63, 3.8) is 0 Å². The van der Waals surface area contributed by atoms with Gasteiger partial charge in [-0.2, -0.15) is 0 Å². The Kier molecular flexibility index (Phi) is 9.17. The van der Waals surface area contributed by atoms with E-state index < -0.39 is 0 Å². The molecule has 2 heteroatoms. The smallest absolute Gasteiger partial charge is 0.0462 e. The highest BCUT2D eigenvalue weighted by Gasteiger charge is 2.20. The van der Waals surface area contributed by atoms with Crippen molar-refractivity contribution in [1.29, 1.82) is 0 Å².